The number of piperidine rings is 1. The number of hydrogen-bond donors (Lipinski definition) is 2. The van der Waals surface area contributed by atoms with Gasteiger partial charge in [0.1, 0.15) is 17.2 Å². The second-order valence-electron chi connectivity index (χ2n) is 7.05. The predicted octanol–water partition coefficient (Wildman–Crippen LogP) is 2.20. The van der Waals surface area contributed by atoms with Gasteiger partial charge in [0.25, 0.3) is 5.91 Å². The molecule has 1 aliphatic rings. The standard InChI is InChI=1S/C20H22FN7O/c1-27-20(28-8-6-13(22)7-9-28)18(12-24-27)26-19(29)17-11-23-10-16(25-17)14-4-2-3-5-15(14)21/h2-5,10-13H,6-9,22H2,1H3,(H,26,29). The Hall–Kier alpha value is -3.33. The molecule has 0 unspecified atom stereocenters. The minimum Gasteiger partial charge on any atom is -0.355 e. The van der Waals surface area contributed by atoms with Crippen LogP contribution in [0.5, 0.6) is 0 Å². The molecule has 2 aromatic heterocycles. The lowest BCUT2D eigenvalue weighted by molar-refractivity contribution is 0.102. The first-order valence-electron chi connectivity index (χ1n) is 9.44. The summed E-state index contributed by atoms with van der Waals surface area (Å²) < 4.78 is 15.8. The van der Waals surface area contributed by atoms with E-state index in [4.69, 9.17) is 5.73 Å². The SMILES string of the molecule is Cn1ncc(NC(=O)c2cncc(-c3ccccc3F)n2)c1N1CCC(N)CC1. The molecule has 1 fully saturated rings. The van der Waals surface area contributed by atoms with E-state index in [1.807, 2.05) is 7.05 Å². The lowest BCUT2D eigenvalue weighted by Crippen LogP contribution is -2.40. The zero-order valence-corrected chi connectivity index (χ0v) is 16.0. The average Bonchev–Trinajstić information content (AvgIpc) is 3.09. The smallest absolute Gasteiger partial charge is 0.276 e. The van der Waals surface area contributed by atoms with Gasteiger partial charge in [0.15, 0.2) is 5.82 Å². The largest absolute Gasteiger partial charge is 0.355 e. The number of aromatic nitrogens is 4. The normalized spacial score (nSPS) is 14.8. The van der Waals surface area contributed by atoms with Crippen molar-refractivity contribution in [2.24, 2.45) is 12.8 Å². The van der Waals surface area contributed by atoms with Gasteiger partial charge in [-0.15, -0.1) is 0 Å². The topological polar surface area (TPSA) is 102 Å². The highest BCUT2D eigenvalue weighted by Crippen LogP contribution is 2.28. The van der Waals surface area contributed by atoms with Crippen LogP contribution in [-0.2, 0) is 7.05 Å². The molecular weight excluding hydrogens is 373 g/mol. The number of hydrogen-bond acceptors (Lipinski definition) is 6. The summed E-state index contributed by atoms with van der Waals surface area (Å²) in [5.41, 5.74) is 7.27. The van der Waals surface area contributed by atoms with Crippen molar-refractivity contribution in [2.75, 3.05) is 23.3 Å². The summed E-state index contributed by atoms with van der Waals surface area (Å²) >= 11 is 0. The van der Waals surface area contributed by atoms with E-state index < -0.39 is 11.7 Å². The number of nitrogens with one attached hydrogen (secondary N) is 1. The van der Waals surface area contributed by atoms with Crippen molar-refractivity contribution >= 4 is 17.4 Å². The molecule has 8 nitrogen and oxygen atoms in total. The summed E-state index contributed by atoms with van der Waals surface area (Å²) in [5, 5.41) is 7.14. The van der Waals surface area contributed by atoms with Gasteiger partial charge in [0.2, 0.25) is 0 Å². The van der Waals surface area contributed by atoms with E-state index in [0.29, 0.717) is 16.9 Å². The van der Waals surface area contributed by atoms with Crippen LogP contribution in [0, 0.1) is 5.82 Å². The number of amides is 1. The summed E-state index contributed by atoms with van der Waals surface area (Å²) in [4.78, 5) is 23.3. The Kier molecular flexibility index (Phi) is 5.22. The van der Waals surface area contributed by atoms with Crippen LogP contribution in [0.2, 0.25) is 0 Å². The molecule has 0 aliphatic carbocycles. The van der Waals surface area contributed by atoms with Crippen LogP contribution < -0.4 is 16.0 Å². The van der Waals surface area contributed by atoms with Gasteiger partial charge in [-0.2, -0.15) is 5.10 Å². The number of carbonyl (C=O) groups is 1. The maximum Gasteiger partial charge on any atom is 0.276 e. The Morgan fingerprint density at radius 1 is 1.21 bits per heavy atom. The number of aryl methyl sites for hydroxylation is 1. The van der Waals surface area contributed by atoms with Crippen molar-refractivity contribution in [1.82, 2.24) is 19.7 Å². The third kappa shape index (κ3) is 3.95. The zero-order chi connectivity index (χ0) is 20.4. The molecule has 0 radical (unpaired) electrons. The zero-order valence-electron chi connectivity index (χ0n) is 16.0. The first-order valence-corrected chi connectivity index (χ1v) is 9.44. The fourth-order valence-corrected chi connectivity index (χ4v) is 3.47. The van der Waals surface area contributed by atoms with E-state index >= 15 is 0 Å². The molecule has 0 bridgehead atoms. The molecule has 0 spiro atoms. The lowest BCUT2D eigenvalue weighted by Gasteiger charge is -2.32. The maximum absolute atomic E-state index is 14.1. The minimum absolute atomic E-state index is 0.0984. The number of halogens is 1. The van der Waals surface area contributed by atoms with E-state index in [1.165, 1.54) is 18.5 Å². The fraction of sp³-hybridized carbons (Fsp3) is 0.300. The Labute approximate surface area is 167 Å². The first-order chi connectivity index (χ1) is 14.0. The van der Waals surface area contributed by atoms with E-state index in [-0.39, 0.29) is 11.7 Å². The number of benzene rings is 1. The van der Waals surface area contributed by atoms with Crippen LogP contribution in [0.1, 0.15) is 23.3 Å². The van der Waals surface area contributed by atoms with Gasteiger partial charge >= 0.3 is 0 Å². The van der Waals surface area contributed by atoms with E-state index in [2.05, 4.69) is 25.3 Å². The highest BCUT2D eigenvalue weighted by atomic mass is 19.1. The highest BCUT2D eigenvalue weighted by Gasteiger charge is 2.23. The quantitative estimate of drug-likeness (QED) is 0.702. The Morgan fingerprint density at radius 3 is 2.72 bits per heavy atom. The van der Waals surface area contributed by atoms with Gasteiger partial charge in [-0.25, -0.2) is 9.37 Å². The molecule has 3 N–H and O–H groups in total. The number of nitrogens with zero attached hydrogens (tertiary/aromatic N) is 5. The van der Waals surface area contributed by atoms with Crippen molar-refractivity contribution in [3.63, 3.8) is 0 Å². The van der Waals surface area contributed by atoms with E-state index in [1.54, 1.807) is 29.1 Å². The molecule has 29 heavy (non-hydrogen) atoms. The lowest BCUT2D eigenvalue weighted by atomic mass is 10.1. The van der Waals surface area contributed by atoms with Crippen molar-refractivity contribution in [3.8, 4) is 11.3 Å². The molecule has 1 aromatic carbocycles. The van der Waals surface area contributed by atoms with E-state index in [0.717, 1.165) is 31.7 Å². The predicted molar refractivity (Wildman–Crippen MR) is 108 cm³/mol. The second kappa shape index (κ2) is 7.96. The van der Waals surface area contributed by atoms with Gasteiger partial charge in [-0.1, -0.05) is 12.1 Å². The molecule has 9 heteroatoms. The van der Waals surface area contributed by atoms with E-state index in [9.17, 15) is 9.18 Å². The average molecular weight is 395 g/mol. The van der Waals surface area contributed by atoms with Crippen molar-refractivity contribution in [3.05, 3.63) is 54.4 Å². The maximum atomic E-state index is 14.1. The fourth-order valence-electron chi connectivity index (χ4n) is 3.47. The van der Waals surface area contributed by atoms with Crippen LogP contribution in [0.4, 0.5) is 15.9 Å². The van der Waals surface area contributed by atoms with Crippen molar-refractivity contribution in [2.45, 2.75) is 18.9 Å². The molecule has 3 heterocycles. The molecule has 1 aliphatic heterocycles. The van der Waals surface area contributed by atoms with Crippen LogP contribution in [0.15, 0.2) is 42.9 Å². The summed E-state index contributed by atoms with van der Waals surface area (Å²) in [6.07, 6.45) is 6.16. The Bertz CT molecular complexity index is 1030. The van der Waals surface area contributed by atoms with Crippen LogP contribution >= 0.6 is 0 Å². The Balaban J connectivity index is 1.57. The molecule has 3 aromatic rings. The van der Waals surface area contributed by atoms with Gasteiger partial charge in [-0.05, 0) is 25.0 Å². The van der Waals surface area contributed by atoms with Crippen LogP contribution in [0.25, 0.3) is 11.3 Å². The number of rotatable bonds is 4. The summed E-state index contributed by atoms with van der Waals surface area (Å²) in [7, 11) is 1.83. The first kappa shape index (κ1) is 19.0. The van der Waals surface area contributed by atoms with Crippen molar-refractivity contribution < 1.29 is 9.18 Å². The summed E-state index contributed by atoms with van der Waals surface area (Å²) in [6.45, 7) is 1.60. The number of anilines is 2. The van der Waals surface area contributed by atoms with Gasteiger partial charge < -0.3 is 16.0 Å². The van der Waals surface area contributed by atoms with Gasteiger partial charge in [0.05, 0.1) is 24.3 Å². The molecule has 4 rings (SSSR count). The molecular formula is C20H22FN7O. The van der Waals surface area contributed by atoms with Crippen molar-refractivity contribution in [1.29, 1.82) is 0 Å². The summed E-state index contributed by atoms with van der Waals surface area (Å²) in [6, 6.07) is 6.45. The third-order valence-electron chi connectivity index (χ3n) is 5.01. The monoisotopic (exact) mass is 395 g/mol. The molecule has 1 amide bonds. The van der Waals surface area contributed by atoms with Crippen LogP contribution in [0.3, 0.4) is 0 Å². The second-order valence-corrected chi connectivity index (χ2v) is 7.05. The number of nitrogens with two attached hydrogens (primary N) is 1. The molecule has 0 atom stereocenters. The third-order valence-corrected chi connectivity index (χ3v) is 5.01. The Morgan fingerprint density at radius 2 is 1.97 bits per heavy atom. The molecule has 1 saturated heterocycles. The molecule has 0 saturated carbocycles. The van der Waals surface area contributed by atoms with Gasteiger partial charge in [-0.3, -0.25) is 14.5 Å². The van der Waals surface area contributed by atoms with Gasteiger partial charge in [0, 0.05) is 31.7 Å². The van der Waals surface area contributed by atoms with Crippen LogP contribution in [-0.4, -0.2) is 44.8 Å². The highest BCUT2D eigenvalue weighted by molar-refractivity contribution is 6.04. The molecule has 150 valence electrons. The minimum atomic E-state index is -0.432. The summed E-state index contributed by atoms with van der Waals surface area (Å²) in [5.74, 6) is -0.0284. The number of carbonyl (C=O) groups excluding carboxylic acids is 1.